The van der Waals surface area contributed by atoms with E-state index in [1.807, 2.05) is 25.1 Å². The summed E-state index contributed by atoms with van der Waals surface area (Å²) in [7, 11) is 0. The fourth-order valence-electron chi connectivity index (χ4n) is 0.951. The molecule has 0 aromatic heterocycles. The van der Waals surface area contributed by atoms with Gasteiger partial charge in [-0.1, -0.05) is 30.3 Å². The van der Waals surface area contributed by atoms with E-state index < -0.39 is 0 Å². The monoisotopic (exact) mass is 175 g/mol. The van der Waals surface area contributed by atoms with Crippen LogP contribution in [0.1, 0.15) is 17.3 Å². The van der Waals surface area contributed by atoms with Crippen molar-refractivity contribution in [1.29, 1.82) is 0 Å². The molecule has 0 unspecified atom stereocenters. The molecule has 1 aromatic rings. The molecule has 1 aromatic carbocycles. The van der Waals surface area contributed by atoms with Crippen molar-refractivity contribution in [2.75, 3.05) is 6.54 Å². The number of benzene rings is 1. The molecule has 0 aliphatic heterocycles. The second kappa shape index (κ2) is 5.14. The first kappa shape index (κ1) is 9.52. The summed E-state index contributed by atoms with van der Waals surface area (Å²) < 4.78 is 0. The molecule has 1 N–H and O–H groups in total. The van der Waals surface area contributed by atoms with Crippen molar-refractivity contribution in [3.63, 3.8) is 0 Å². The minimum Gasteiger partial charge on any atom is -0.391 e. The number of nitrogens with one attached hydrogen (secondary N) is 1. The lowest BCUT2D eigenvalue weighted by Gasteiger charge is -1.94. The maximum Gasteiger partial charge on any atom is 0.187 e. The Morgan fingerprint density at radius 2 is 2.08 bits per heavy atom. The summed E-state index contributed by atoms with van der Waals surface area (Å²) in [5.74, 6) is 0.0292. The van der Waals surface area contributed by atoms with E-state index in [4.69, 9.17) is 0 Å². The summed E-state index contributed by atoms with van der Waals surface area (Å²) in [4.78, 5) is 11.4. The van der Waals surface area contributed by atoms with Crippen molar-refractivity contribution in [1.82, 2.24) is 5.32 Å². The molecule has 0 saturated carbocycles. The Morgan fingerprint density at radius 1 is 1.38 bits per heavy atom. The summed E-state index contributed by atoms with van der Waals surface area (Å²) in [6.45, 7) is 2.82. The normalized spacial score (nSPS) is 10.2. The zero-order valence-electron chi connectivity index (χ0n) is 7.66. The maximum absolute atomic E-state index is 11.4. The van der Waals surface area contributed by atoms with Gasteiger partial charge in [0.1, 0.15) is 0 Å². The summed E-state index contributed by atoms with van der Waals surface area (Å²) in [5.41, 5.74) is 0.719. The molecule has 0 bridgehead atoms. The van der Waals surface area contributed by atoms with Crippen LogP contribution in [0.5, 0.6) is 0 Å². The number of rotatable bonds is 4. The fourth-order valence-corrected chi connectivity index (χ4v) is 0.951. The molecule has 0 fully saturated rings. The molecule has 0 heterocycles. The van der Waals surface area contributed by atoms with E-state index in [-0.39, 0.29) is 5.78 Å². The number of ketones is 1. The number of hydrogen-bond acceptors (Lipinski definition) is 2. The molecule has 0 aliphatic carbocycles. The largest absolute Gasteiger partial charge is 0.391 e. The molecule has 1 rings (SSSR count). The van der Waals surface area contributed by atoms with Crippen molar-refractivity contribution in [3.05, 3.63) is 48.2 Å². The third kappa shape index (κ3) is 3.11. The van der Waals surface area contributed by atoms with Gasteiger partial charge in [0.05, 0.1) is 0 Å². The SMILES string of the molecule is CCNC=CC(=O)c1ccccc1. The number of carbonyl (C=O) groups excluding carboxylic acids is 1. The number of carbonyl (C=O) groups is 1. The van der Waals surface area contributed by atoms with Gasteiger partial charge in [0.25, 0.3) is 0 Å². The van der Waals surface area contributed by atoms with E-state index in [0.29, 0.717) is 0 Å². The van der Waals surface area contributed by atoms with Crippen LogP contribution in [0.4, 0.5) is 0 Å². The Labute approximate surface area is 78.3 Å². The minimum absolute atomic E-state index is 0.0292. The molecule has 0 spiro atoms. The predicted molar refractivity (Wildman–Crippen MR) is 53.6 cm³/mol. The quantitative estimate of drug-likeness (QED) is 0.560. The summed E-state index contributed by atoms with van der Waals surface area (Å²) in [6, 6.07) is 9.21. The van der Waals surface area contributed by atoms with E-state index in [1.54, 1.807) is 24.4 Å². The third-order valence-corrected chi connectivity index (χ3v) is 1.61. The average Bonchev–Trinajstić information content (AvgIpc) is 2.19. The Kier molecular flexibility index (Phi) is 3.76. The Bertz CT molecular complexity index is 290. The van der Waals surface area contributed by atoms with Crippen LogP contribution in [0.15, 0.2) is 42.6 Å². The van der Waals surface area contributed by atoms with Crippen LogP contribution in [-0.4, -0.2) is 12.3 Å². The van der Waals surface area contributed by atoms with Crippen LogP contribution in [0.25, 0.3) is 0 Å². The summed E-state index contributed by atoms with van der Waals surface area (Å²) >= 11 is 0. The molecular weight excluding hydrogens is 162 g/mol. The lowest BCUT2D eigenvalue weighted by molar-refractivity contribution is 0.104. The first-order valence-corrected chi connectivity index (χ1v) is 4.34. The van der Waals surface area contributed by atoms with Crippen LogP contribution in [0, 0.1) is 0 Å². The number of hydrogen-bond donors (Lipinski definition) is 1. The van der Waals surface area contributed by atoms with Gasteiger partial charge in [0, 0.05) is 24.4 Å². The second-order valence-electron chi connectivity index (χ2n) is 2.62. The first-order chi connectivity index (χ1) is 6.34. The zero-order chi connectivity index (χ0) is 9.52. The van der Waals surface area contributed by atoms with Crippen molar-refractivity contribution in [2.24, 2.45) is 0 Å². The Balaban J connectivity index is 2.59. The smallest absolute Gasteiger partial charge is 0.187 e. The molecule has 68 valence electrons. The van der Waals surface area contributed by atoms with E-state index in [1.165, 1.54) is 0 Å². The lowest BCUT2D eigenvalue weighted by atomic mass is 10.1. The van der Waals surface area contributed by atoms with Crippen molar-refractivity contribution in [3.8, 4) is 0 Å². The van der Waals surface area contributed by atoms with Crippen molar-refractivity contribution < 1.29 is 4.79 Å². The van der Waals surface area contributed by atoms with Crippen LogP contribution >= 0.6 is 0 Å². The van der Waals surface area contributed by atoms with Crippen LogP contribution in [-0.2, 0) is 0 Å². The Morgan fingerprint density at radius 3 is 2.69 bits per heavy atom. The van der Waals surface area contributed by atoms with Gasteiger partial charge in [0.15, 0.2) is 5.78 Å². The minimum atomic E-state index is 0.0292. The number of allylic oxidation sites excluding steroid dienone is 1. The highest BCUT2D eigenvalue weighted by atomic mass is 16.1. The van der Waals surface area contributed by atoms with Gasteiger partial charge in [-0.05, 0) is 6.92 Å². The van der Waals surface area contributed by atoms with Crippen molar-refractivity contribution in [2.45, 2.75) is 6.92 Å². The maximum atomic E-state index is 11.4. The fraction of sp³-hybridized carbons (Fsp3) is 0.182. The second-order valence-corrected chi connectivity index (χ2v) is 2.62. The molecule has 2 nitrogen and oxygen atoms in total. The summed E-state index contributed by atoms with van der Waals surface area (Å²) in [6.07, 6.45) is 3.22. The zero-order valence-corrected chi connectivity index (χ0v) is 7.66. The average molecular weight is 175 g/mol. The van der Waals surface area contributed by atoms with E-state index in [2.05, 4.69) is 5.32 Å². The molecule has 0 atom stereocenters. The van der Waals surface area contributed by atoms with Crippen LogP contribution in [0.3, 0.4) is 0 Å². The van der Waals surface area contributed by atoms with E-state index in [0.717, 1.165) is 12.1 Å². The van der Waals surface area contributed by atoms with Gasteiger partial charge >= 0.3 is 0 Å². The van der Waals surface area contributed by atoms with Crippen LogP contribution in [0.2, 0.25) is 0 Å². The summed E-state index contributed by atoms with van der Waals surface area (Å²) in [5, 5.41) is 2.95. The highest BCUT2D eigenvalue weighted by Crippen LogP contribution is 1.99. The highest BCUT2D eigenvalue weighted by Gasteiger charge is 1.97. The standard InChI is InChI=1S/C11H13NO/c1-2-12-9-8-11(13)10-6-4-3-5-7-10/h3-9,12H,2H2,1H3. The molecule has 2 heteroatoms. The lowest BCUT2D eigenvalue weighted by Crippen LogP contribution is -2.03. The van der Waals surface area contributed by atoms with Crippen molar-refractivity contribution >= 4 is 5.78 Å². The van der Waals surface area contributed by atoms with Crippen LogP contribution < -0.4 is 5.32 Å². The predicted octanol–water partition coefficient (Wildman–Crippen LogP) is 1.99. The van der Waals surface area contributed by atoms with Gasteiger partial charge < -0.3 is 5.32 Å². The van der Waals surface area contributed by atoms with Gasteiger partial charge in [-0.15, -0.1) is 0 Å². The highest BCUT2D eigenvalue weighted by molar-refractivity contribution is 6.04. The Hall–Kier alpha value is -1.57. The van der Waals surface area contributed by atoms with Gasteiger partial charge in [0.2, 0.25) is 0 Å². The van der Waals surface area contributed by atoms with Gasteiger partial charge in [-0.25, -0.2) is 0 Å². The molecule has 0 aliphatic rings. The molecule has 0 amide bonds. The molecule has 13 heavy (non-hydrogen) atoms. The topological polar surface area (TPSA) is 29.1 Å². The third-order valence-electron chi connectivity index (χ3n) is 1.61. The van der Waals surface area contributed by atoms with Gasteiger partial charge in [-0.3, -0.25) is 4.79 Å². The first-order valence-electron chi connectivity index (χ1n) is 4.34. The van der Waals surface area contributed by atoms with E-state index >= 15 is 0 Å². The molecule has 0 saturated heterocycles. The van der Waals surface area contributed by atoms with E-state index in [9.17, 15) is 4.79 Å². The molecular formula is C11H13NO. The van der Waals surface area contributed by atoms with Gasteiger partial charge in [-0.2, -0.15) is 0 Å². The molecule has 0 radical (unpaired) electrons.